The molecule has 4 heteroatoms. The average molecular weight is 267 g/mol. The quantitative estimate of drug-likeness (QED) is 0.801. The Morgan fingerprint density at radius 2 is 2.35 bits per heavy atom. The number of aromatic nitrogens is 1. The fourth-order valence-electron chi connectivity index (χ4n) is 3.01. The number of nitriles is 1. The highest BCUT2D eigenvalue weighted by atomic mass is 16.1. The molecule has 0 saturated carbocycles. The molecule has 1 saturated heterocycles. The fraction of sp³-hybridized carbons (Fsp3) is 0.375. The zero-order valence-corrected chi connectivity index (χ0v) is 11.3. The molecular formula is C16H17N3O. The molecule has 4 nitrogen and oxygen atoms in total. The minimum absolute atomic E-state index is 0.145. The number of likely N-dealkylation sites (tertiary alicyclic amines) is 1. The van der Waals surface area contributed by atoms with Crippen molar-refractivity contribution >= 4 is 11.8 Å². The zero-order chi connectivity index (χ0) is 13.9. The van der Waals surface area contributed by atoms with Crippen LogP contribution in [-0.4, -0.2) is 28.7 Å². The second kappa shape index (κ2) is 5.48. The summed E-state index contributed by atoms with van der Waals surface area (Å²) in [5, 5.41) is 9.39. The lowest BCUT2D eigenvalue weighted by atomic mass is 9.99. The van der Waals surface area contributed by atoms with E-state index in [1.54, 1.807) is 0 Å². The third-order valence-electron chi connectivity index (χ3n) is 4.00. The van der Waals surface area contributed by atoms with Gasteiger partial charge in [-0.25, -0.2) is 0 Å². The number of hydrogen-bond acceptors (Lipinski definition) is 3. The lowest BCUT2D eigenvalue weighted by Crippen LogP contribution is -2.35. The summed E-state index contributed by atoms with van der Waals surface area (Å²) in [5.74, 6) is 0.145. The molecule has 102 valence electrons. The van der Waals surface area contributed by atoms with Crippen molar-refractivity contribution in [1.82, 2.24) is 9.30 Å². The summed E-state index contributed by atoms with van der Waals surface area (Å²) in [4.78, 5) is 13.2. The summed E-state index contributed by atoms with van der Waals surface area (Å²) in [6.07, 6.45) is 7.09. The van der Waals surface area contributed by atoms with Crippen molar-refractivity contribution in [2.75, 3.05) is 13.1 Å². The molecule has 0 aliphatic carbocycles. The van der Waals surface area contributed by atoms with Gasteiger partial charge in [-0.3, -0.25) is 4.90 Å². The third-order valence-corrected chi connectivity index (χ3v) is 4.00. The molecule has 1 aliphatic rings. The van der Waals surface area contributed by atoms with Gasteiger partial charge in [-0.2, -0.15) is 5.26 Å². The maximum atomic E-state index is 10.9. The summed E-state index contributed by atoms with van der Waals surface area (Å²) < 4.78 is 2.00. The van der Waals surface area contributed by atoms with E-state index in [0.717, 1.165) is 55.4 Å². The van der Waals surface area contributed by atoms with Crippen molar-refractivity contribution < 1.29 is 4.79 Å². The first-order valence-electron chi connectivity index (χ1n) is 6.98. The van der Waals surface area contributed by atoms with Gasteiger partial charge in [0.1, 0.15) is 12.4 Å². The highest BCUT2D eigenvalue weighted by Gasteiger charge is 2.21. The van der Waals surface area contributed by atoms with Crippen LogP contribution in [0, 0.1) is 17.2 Å². The van der Waals surface area contributed by atoms with E-state index in [9.17, 15) is 10.1 Å². The summed E-state index contributed by atoms with van der Waals surface area (Å²) in [6, 6.07) is 8.19. The molecule has 1 unspecified atom stereocenters. The predicted octanol–water partition coefficient (Wildman–Crippen LogP) is 2.22. The number of aldehydes is 1. The highest BCUT2D eigenvalue weighted by Crippen LogP contribution is 2.22. The first-order chi connectivity index (χ1) is 9.81. The molecule has 0 amide bonds. The Labute approximate surface area is 118 Å². The van der Waals surface area contributed by atoms with Gasteiger partial charge in [0, 0.05) is 37.0 Å². The van der Waals surface area contributed by atoms with Crippen LogP contribution in [0.3, 0.4) is 0 Å². The van der Waals surface area contributed by atoms with Crippen LogP contribution >= 0.6 is 0 Å². The van der Waals surface area contributed by atoms with Crippen molar-refractivity contribution in [2.45, 2.75) is 19.4 Å². The van der Waals surface area contributed by atoms with E-state index < -0.39 is 0 Å². The Bertz CT molecular complexity index is 668. The molecule has 0 N–H and O–H groups in total. The van der Waals surface area contributed by atoms with Gasteiger partial charge in [-0.1, -0.05) is 6.07 Å². The van der Waals surface area contributed by atoms with Crippen LogP contribution in [-0.2, 0) is 11.3 Å². The number of fused-ring (bicyclic) bond motifs is 1. The van der Waals surface area contributed by atoms with Crippen LogP contribution in [0.5, 0.6) is 0 Å². The summed E-state index contributed by atoms with van der Waals surface area (Å²) in [6.45, 7) is 2.55. The first kappa shape index (κ1) is 12.9. The highest BCUT2D eigenvalue weighted by molar-refractivity contribution is 5.65. The number of rotatable bonds is 3. The van der Waals surface area contributed by atoms with Crippen LogP contribution in [0.1, 0.15) is 24.0 Å². The van der Waals surface area contributed by atoms with Crippen molar-refractivity contribution in [1.29, 1.82) is 5.26 Å². The van der Waals surface area contributed by atoms with Crippen LogP contribution < -0.4 is 0 Å². The first-order valence-corrected chi connectivity index (χ1v) is 6.98. The standard InChI is InChI=1S/C16H17N3O/c17-8-15-14(11-19-7-2-1-5-16(15)19)10-18-6-3-4-13(9-18)12-20/h1-2,5,7,11-13H,3-4,6,9-10H2. The number of carbonyl (C=O) groups excluding carboxylic acids is 1. The molecular weight excluding hydrogens is 250 g/mol. The fourth-order valence-corrected chi connectivity index (χ4v) is 3.01. The van der Waals surface area contributed by atoms with E-state index >= 15 is 0 Å². The zero-order valence-electron chi connectivity index (χ0n) is 11.3. The van der Waals surface area contributed by atoms with E-state index in [2.05, 4.69) is 11.0 Å². The van der Waals surface area contributed by atoms with Crippen LogP contribution in [0.15, 0.2) is 30.6 Å². The maximum absolute atomic E-state index is 10.9. The van der Waals surface area contributed by atoms with Gasteiger partial charge in [-0.15, -0.1) is 0 Å². The molecule has 0 radical (unpaired) electrons. The maximum Gasteiger partial charge on any atom is 0.124 e. The van der Waals surface area contributed by atoms with Gasteiger partial charge < -0.3 is 9.20 Å². The van der Waals surface area contributed by atoms with E-state index in [-0.39, 0.29) is 5.92 Å². The van der Waals surface area contributed by atoms with E-state index in [0.29, 0.717) is 0 Å². The lowest BCUT2D eigenvalue weighted by molar-refractivity contribution is -0.112. The summed E-state index contributed by atoms with van der Waals surface area (Å²) >= 11 is 0. The number of piperidine rings is 1. The van der Waals surface area contributed by atoms with Crippen LogP contribution in [0.25, 0.3) is 5.52 Å². The molecule has 0 spiro atoms. The monoisotopic (exact) mass is 267 g/mol. The van der Waals surface area contributed by atoms with Gasteiger partial charge in [0.05, 0.1) is 11.1 Å². The lowest BCUT2D eigenvalue weighted by Gasteiger charge is -2.29. The number of carbonyl (C=O) groups is 1. The molecule has 0 aromatic carbocycles. The molecule has 1 aliphatic heterocycles. The third kappa shape index (κ3) is 2.33. The Morgan fingerprint density at radius 1 is 1.45 bits per heavy atom. The molecule has 3 heterocycles. The second-order valence-corrected chi connectivity index (χ2v) is 5.41. The molecule has 3 rings (SSSR count). The summed E-state index contributed by atoms with van der Waals surface area (Å²) in [5.41, 5.74) is 2.75. The minimum Gasteiger partial charge on any atom is -0.322 e. The Balaban J connectivity index is 1.87. The smallest absolute Gasteiger partial charge is 0.124 e. The SMILES string of the molecule is N#Cc1c(CN2CCCC(C=O)C2)cn2ccccc12. The predicted molar refractivity (Wildman–Crippen MR) is 76.2 cm³/mol. The molecule has 2 aromatic heterocycles. The van der Waals surface area contributed by atoms with Gasteiger partial charge in [0.2, 0.25) is 0 Å². The average Bonchev–Trinajstić information content (AvgIpc) is 2.84. The number of hydrogen-bond donors (Lipinski definition) is 0. The van der Waals surface area contributed by atoms with Crippen molar-refractivity contribution in [2.24, 2.45) is 5.92 Å². The van der Waals surface area contributed by atoms with E-state index in [4.69, 9.17) is 0 Å². The van der Waals surface area contributed by atoms with Crippen LogP contribution in [0.2, 0.25) is 0 Å². The van der Waals surface area contributed by atoms with Crippen LogP contribution in [0.4, 0.5) is 0 Å². The molecule has 1 fully saturated rings. The minimum atomic E-state index is 0.145. The molecule has 1 atom stereocenters. The Morgan fingerprint density at radius 3 is 3.15 bits per heavy atom. The second-order valence-electron chi connectivity index (χ2n) is 5.41. The number of nitrogens with zero attached hydrogens (tertiary/aromatic N) is 3. The number of pyridine rings is 1. The topological polar surface area (TPSA) is 48.5 Å². The van der Waals surface area contributed by atoms with Gasteiger partial charge in [0.25, 0.3) is 0 Å². The molecule has 0 bridgehead atoms. The van der Waals surface area contributed by atoms with Gasteiger partial charge in [0.15, 0.2) is 0 Å². The van der Waals surface area contributed by atoms with Gasteiger partial charge >= 0.3 is 0 Å². The largest absolute Gasteiger partial charge is 0.322 e. The normalized spacial score (nSPS) is 19.9. The molecule has 20 heavy (non-hydrogen) atoms. The van der Waals surface area contributed by atoms with Crippen molar-refractivity contribution in [3.63, 3.8) is 0 Å². The van der Waals surface area contributed by atoms with Crippen molar-refractivity contribution in [3.8, 4) is 6.07 Å². The van der Waals surface area contributed by atoms with E-state index in [1.807, 2.05) is 35.0 Å². The molecule has 2 aromatic rings. The van der Waals surface area contributed by atoms with E-state index in [1.165, 1.54) is 0 Å². The van der Waals surface area contributed by atoms with Gasteiger partial charge in [-0.05, 0) is 31.5 Å². The Kier molecular flexibility index (Phi) is 3.53. The Hall–Kier alpha value is -2.12. The van der Waals surface area contributed by atoms with Crippen molar-refractivity contribution in [3.05, 3.63) is 41.7 Å². The summed E-state index contributed by atoms with van der Waals surface area (Å²) in [7, 11) is 0.